The first-order chi connectivity index (χ1) is 8.57. The second-order valence-electron chi connectivity index (χ2n) is 5.28. The van der Waals surface area contributed by atoms with Gasteiger partial charge in [0.2, 0.25) is 0 Å². The van der Waals surface area contributed by atoms with Gasteiger partial charge in [0.1, 0.15) is 0 Å². The van der Waals surface area contributed by atoms with Crippen molar-refractivity contribution in [3.05, 3.63) is 36.0 Å². The number of benzene rings is 1. The van der Waals surface area contributed by atoms with E-state index in [1.165, 1.54) is 16.5 Å². The Balaban J connectivity index is 2.28. The molecule has 0 radical (unpaired) electrons. The summed E-state index contributed by atoms with van der Waals surface area (Å²) in [6.45, 7) is 5.76. The van der Waals surface area contributed by atoms with Gasteiger partial charge >= 0.3 is 0 Å². The van der Waals surface area contributed by atoms with E-state index in [4.69, 9.17) is 10.5 Å². The second kappa shape index (κ2) is 5.12. The molecule has 0 saturated carbocycles. The molecule has 0 aliphatic heterocycles. The summed E-state index contributed by atoms with van der Waals surface area (Å²) in [5.41, 5.74) is 8.17. The second-order valence-corrected chi connectivity index (χ2v) is 5.28. The van der Waals surface area contributed by atoms with Crippen molar-refractivity contribution in [2.75, 3.05) is 7.11 Å². The number of methoxy groups -OCH3 is 1. The van der Waals surface area contributed by atoms with Crippen LogP contribution >= 0.6 is 0 Å². The van der Waals surface area contributed by atoms with Gasteiger partial charge in [0, 0.05) is 37.3 Å². The van der Waals surface area contributed by atoms with Gasteiger partial charge in [0.15, 0.2) is 0 Å². The fourth-order valence-electron chi connectivity index (χ4n) is 2.16. The quantitative estimate of drug-likeness (QED) is 0.881. The Labute approximate surface area is 109 Å². The lowest BCUT2D eigenvalue weighted by Gasteiger charge is -2.23. The van der Waals surface area contributed by atoms with Gasteiger partial charge in [-0.3, -0.25) is 0 Å². The van der Waals surface area contributed by atoms with E-state index in [2.05, 4.69) is 48.9 Å². The molecule has 3 nitrogen and oxygen atoms in total. The molecule has 0 unspecified atom stereocenters. The molecule has 98 valence electrons. The summed E-state index contributed by atoms with van der Waals surface area (Å²) < 4.78 is 7.74. The molecular formula is C15H22N2O. The molecule has 18 heavy (non-hydrogen) atoms. The van der Waals surface area contributed by atoms with Crippen molar-refractivity contribution in [1.29, 1.82) is 0 Å². The number of rotatable bonds is 5. The minimum Gasteiger partial charge on any atom is -0.379 e. The first-order valence-corrected chi connectivity index (χ1v) is 6.39. The number of hydrogen-bond acceptors (Lipinski definition) is 2. The maximum absolute atomic E-state index is 5.80. The molecule has 0 bridgehead atoms. The van der Waals surface area contributed by atoms with E-state index in [1.807, 2.05) is 0 Å². The van der Waals surface area contributed by atoms with Gasteiger partial charge in [-0.05, 0) is 31.9 Å². The van der Waals surface area contributed by atoms with Gasteiger partial charge < -0.3 is 15.0 Å². The minimum absolute atomic E-state index is 0.0890. The van der Waals surface area contributed by atoms with Crippen LogP contribution in [0.3, 0.4) is 0 Å². The number of fused-ring (bicyclic) bond motifs is 1. The van der Waals surface area contributed by atoms with Crippen LogP contribution in [0.5, 0.6) is 0 Å². The first kappa shape index (κ1) is 13.1. The topological polar surface area (TPSA) is 40.2 Å². The van der Waals surface area contributed by atoms with Crippen molar-refractivity contribution in [3.63, 3.8) is 0 Å². The third kappa shape index (κ3) is 2.57. The van der Waals surface area contributed by atoms with Crippen LogP contribution in [0, 0.1) is 0 Å². The lowest BCUT2D eigenvalue weighted by atomic mass is 10.1. The fourth-order valence-corrected chi connectivity index (χ4v) is 2.16. The first-order valence-electron chi connectivity index (χ1n) is 6.39. The van der Waals surface area contributed by atoms with Crippen LogP contribution in [0.1, 0.15) is 25.8 Å². The number of para-hydroxylation sites is 1. The van der Waals surface area contributed by atoms with Gasteiger partial charge in [-0.15, -0.1) is 0 Å². The smallest absolute Gasteiger partial charge is 0.0639 e. The molecule has 0 aliphatic carbocycles. The van der Waals surface area contributed by atoms with E-state index >= 15 is 0 Å². The number of nitrogens with two attached hydrogens (primary N) is 1. The highest BCUT2D eigenvalue weighted by Crippen LogP contribution is 2.23. The van der Waals surface area contributed by atoms with Crippen LogP contribution in [0.2, 0.25) is 0 Å². The van der Waals surface area contributed by atoms with Crippen LogP contribution in [-0.2, 0) is 17.8 Å². The van der Waals surface area contributed by atoms with Gasteiger partial charge in [0.05, 0.1) is 5.60 Å². The average Bonchev–Trinajstić information content (AvgIpc) is 2.75. The fraction of sp³-hybridized carbons (Fsp3) is 0.467. The molecule has 2 rings (SSSR count). The van der Waals surface area contributed by atoms with Crippen molar-refractivity contribution >= 4 is 10.9 Å². The van der Waals surface area contributed by atoms with Gasteiger partial charge in [-0.2, -0.15) is 0 Å². The summed E-state index contributed by atoms with van der Waals surface area (Å²) in [6, 6.07) is 8.41. The summed E-state index contributed by atoms with van der Waals surface area (Å²) >= 11 is 0. The Hall–Kier alpha value is -1.32. The van der Waals surface area contributed by atoms with Crippen LogP contribution < -0.4 is 5.73 Å². The molecule has 3 heteroatoms. The van der Waals surface area contributed by atoms with Crippen molar-refractivity contribution < 1.29 is 4.74 Å². The van der Waals surface area contributed by atoms with Crippen molar-refractivity contribution in [2.24, 2.45) is 5.73 Å². The molecule has 0 aliphatic rings. The number of nitrogens with zero attached hydrogens (tertiary/aromatic N) is 1. The largest absolute Gasteiger partial charge is 0.379 e. The molecule has 1 aromatic carbocycles. The summed E-state index contributed by atoms with van der Waals surface area (Å²) in [5.74, 6) is 0. The van der Waals surface area contributed by atoms with Crippen LogP contribution in [0.15, 0.2) is 30.5 Å². The maximum atomic E-state index is 5.80. The maximum Gasteiger partial charge on any atom is 0.0639 e. The van der Waals surface area contributed by atoms with E-state index in [1.54, 1.807) is 7.11 Å². The van der Waals surface area contributed by atoms with Crippen molar-refractivity contribution in [1.82, 2.24) is 4.57 Å². The highest BCUT2D eigenvalue weighted by Gasteiger charge is 2.17. The summed E-state index contributed by atoms with van der Waals surface area (Å²) in [4.78, 5) is 0. The Morgan fingerprint density at radius 1 is 1.28 bits per heavy atom. The van der Waals surface area contributed by atoms with E-state index < -0.39 is 0 Å². The monoisotopic (exact) mass is 246 g/mol. The molecule has 2 aromatic rings. The number of aromatic nitrogens is 1. The minimum atomic E-state index is -0.0890. The Morgan fingerprint density at radius 2 is 2.00 bits per heavy atom. The highest BCUT2D eigenvalue weighted by atomic mass is 16.5. The lowest BCUT2D eigenvalue weighted by molar-refractivity contribution is 0.0123. The third-order valence-corrected chi connectivity index (χ3v) is 3.60. The van der Waals surface area contributed by atoms with E-state index in [-0.39, 0.29) is 5.60 Å². The lowest BCUT2D eigenvalue weighted by Crippen LogP contribution is -2.24. The van der Waals surface area contributed by atoms with Crippen LogP contribution in [0.4, 0.5) is 0 Å². The molecule has 1 heterocycles. The van der Waals surface area contributed by atoms with E-state index in [0.29, 0.717) is 6.54 Å². The summed E-state index contributed by atoms with van der Waals surface area (Å²) in [6.07, 6.45) is 3.14. The number of ether oxygens (including phenoxy) is 1. The Kier molecular flexibility index (Phi) is 3.73. The zero-order valence-electron chi connectivity index (χ0n) is 11.4. The number of hydrogen-bond donors (Lipinski definition) is 1. The molecule has 0 spiro atoms. The average molecular weight is 246 g/mol. The zero-order valence-corrected chi connectivity index (χ0v) is 11.4. The molecule has 0 fully saturated rings. The summed E-state index contributed by atoms with van der Waals surface area (Å²) in [7, 11) is 1.76. The Bertz CT molecular complexity index is 528. The standard InChI is InChI=1S/C15H22N2O/c1-15(2,18-3)8-9-17-11-12(10-16)13-6-4-5-7-14(13)17/h4-7,11H,8-10,16H2,1-3H3. The molecule has 1 aromatic heterocycles. The number of aryl methyl sites for hydroxylation is 1. The van der Waals surface area contributed by atoms with Gasteiger partial charge in [-0.25, -0.2) is 0 Å². The van der Waals surface area contributed by atoms with Gasteiger partial charge in [0.25, 0.3) is 0 Å². The molecule has 0 saturated heterocycles. The van der Waals surface area contributed by atoms with Crippen molar-refractivity contribution in [2.45, 2.75) is 39.0 Å². The van der Waals surface area contributed by atoms with Crippen molar-refractivity contribution in [3.8, 4) is 0 Å². The highest BCUT2D eigenvalue weighted by molar-refractivity contribution is 5.83. The normalized spacial score (nSPS) is 12.2. The predicted octanol–water partition coefficient (Wildman–Crippen LogP) is 2.92. The SMILES string of the molecule is COC(C)(C)CCn1cc(CN)c2ccccc21. The van der Waals surface area contributed by atoms with Crippen LogP contribution in [-0.4, -0.2) is 17.3 Å². The summed E-state index contributed by atoms with van der Waals surface area (Å²) in [5, 5.41) is 1.26. The van der Waals surface area contributed by atoms with Crippen LogP contribution in [0.25, 0.3) is 10.9 Å². The van der Waals surface area contributed by atoms with E-state index in [0.717, 1.165) is 13.0 Å². The van der Waals surface area contributed by atoms with E-state index in [9.17, 15) is 0 Å². The molecular weight excluding hydrogens is 224 g/mol. The van der Waals surface area contributed by atoms with Gasteiger partial charge in [-0.1, -0.05) is 18.2 Å². The zero-order chi connectivity index (χ0) is 13.2. The molecule has 0 atom stereocenters. The molecule has 0 amide bonds. The predicted molar refractivity (Wildman–Crippen MR) is 75.5 cm³/mol. The third-order valence-electron chi connectivity index (χ3n) is 3.60. The molecule has 2 N–H and O–H groups in total. The Morgan fingerprint density at radius 3 is 2.67 bits per heavy atom.